The summed E-state index contributed by atoms with van der Waals surface area (Å²) in [5.41, 5.74) is 0.197. The van der Waals surface area contributed by atoms with Crippen molar-refractivity contribution in [3.05, 3.63) is 0 Å². The van der Waals surface area contributed by atoms with Crippen molar-refractivity contribution in [2.24, 2.45) is 5.41 Å². The van der Waals surface area contributed by atoms with Gasteiger partial charge in [-0.3, -0.25) is 0 Å². The summed E-state index contributed by atoms with van der Waals surface area (Å²) < 4.78 is 16.4. The van der Waals surface area contributed by atoms with Gasteiger partial charge in [0.2, 0.25) is 0 Å². The molecule has 0 heterocycles. The lowest BCUT2D eigenvalue weighted by molar-refractivity contribution is 0.0126. The molecule has 1 rings (SSSR count). The Labute approximate surface area is 134 Å². The minimum absolute atomic E-state index is 0.197. The standard InChI is InChI=1S/C16H32ClNO3/c1-4-5-7-19-9-11-21-12-10-20-8-6-18-15-13-14(17)16(15,2)3/h14-15,18H,4-13H2,1-3H3. The second-order valence-electron chi connectivity index (χ2n) is 6.22. The highest BCUT2D eigenvalue weighted by Gasteiger charge is 2.46. The number of halogens is 1. The zero-order valence-corrected chi connectivity index (χ0v) is 14.6. The molecule has 5 heteroatoms. The van der Waals surface area contributed by atoms with Gasteiger partial charge in [0.15, 0.2) is 0 Å². The molecule has 21 heavy (non-hydrogen) atoms. The minimum Gasteiger partial charge on any atom is -0.379 e. The van der Waals surface area contributed by atoms with Gasteiger partial charge in [0.1, 0.15) is 0 Å². The molecular formula is C16H32ClNO3. The summed E-state index contributed by atoms with van der Waals surface area (Å²) in [6.45, 7) is 11.6. The summed E-state index contributed by atoms with van der Waals surface area (Å²) in [5, 5.41) is 3.80. The molecule has 0 saturated heterocycles. The van der Waals surface area contributed by atoms with Gasteiger partial charge in [-0.25, -0.2) is 0 Å². The van der Waals surface area contributed by atoms with Crippen molar-refractivity contribution in [3.8, 4) is 0 Å². The first kappa shape index (κ1) is 19.2. The molecule has 1 aliphatic rings. The Morgan fingerprint density at radius 3 is 2.10 bits per heavy atom. The fourth-order valence-electron chi connectivity index (χ4n) is 2.31. The van der Waals surface area contributed by atoms with Gasteiger partial charge in [-0.1, -0.05) is 27.2 Å². The number of hydrogen-bond acceptors (Lipinski definition) is 4. The van der Waals surface area contributed by atoms with Crippen LogP contribution in [0.4, 0.5) is 0 Å². The lowest BCUT2D eigenvalue weighted by Crippen LogP contribution is -2.58. The zero-order valence-electron chi connectivity index (χ0n) is 13.8. The van der Waals surface area contributed by atoms with Gasteiger partial charge in [-0.05, 0) is 18.3 Å². The molecule has 1 N–H and O–H groups in total. The van der Waals surface area contributed by atoms with Crippen LogP contribution in [0.3, 0.4) is 0 Å². The lowest BCUT2D eigenvalue weighted by atomic mass is 9.67. The smallest absolute Gasteiger partial charge is 0.0701 e. The van der Waals surface area contributed by atoms with Crippen molar-refractivity contribution in [1.29, 1.82) is 0 Å². The first-order chi connectivity index (χ1) is 10.1. The normalized spacial score (nSPS) is 24.0. The predicted octanol–water partition coefficient (Wildman–Crippen LogP) is 2.83. The van der Waals surface area contributed by atoms with E-state index in [4.69, 9.17) is 25.8 Å². The molecule has 2 unspecified atom stereocenters. The highest BCUT2D eigenvalue weighted by Crippen LogP contribution is 2.44. The molecule has 0 aromatic rings. The molecule has 0 spiro atoms. The molecule has 126 valence electrons. The first-order valence-corrected chi connectivity index (χ1v) is 8.63. The van der Waals surface area contributed by atoms with Crippen molar-refractivity contribution in [1.82, 2.24) is 5.32 Å². The average molecular weight is 322 g/mol. The van der Waals surface area contributed by atoms with E-state index >= 15 is 0 Å². The Hall–Kier alpha value is 0.130. The van der Waals surface area contributed by atoms with E-state index in [0.29, 0.717) is 37.8 Å². The summed E-state index contributed by atoms with van der Waals surface area (Å²) >= 11 is 6.19. The van der Waals surface area contributed by atoms with Crippen LogP contribution in [0.5, 0.6) is 0 Å². The molecule has 1 aliphatic carbocycles. The molecule has 0 radical (unpaired) electrons. The highest BCUT2D eigenvalue weighted by atomic mass is 35.5. The van der Waals surface area contributed by atoms with Crippen LogP contribution >= 0.6 is 11.6 Å². The summed E-state index contributed by atoms with van der Waals surface area (Å²) in [6.07, 6.45) is 3.35. The molecule has 2 atom stereocenters. The van der Waals surface area contributed by atoms with Crippen LogP contribution in [0.1, 0.15) is 40.0 Å². The summed E-state index contributed by atoms with van der Waals surface area (Å²) in [7, 11) is 0. The van der Waals surface area contributed by atoms with Crippen LogP contribution in [0.15, 0.2) is 0 Å². The number of hydrogen-bond donors (Lipinski definition) is 1. The summed E-state index contributed by atoms with van der Waals surface area (Å²) in [5.74, 6) is 0. The van der Waals surface area contributed by atoms with Gasteiger partial charge < -0.3 is 19.5 Å². The van der Waals surface area contributed by atoms with Gasteiger partial charge in [0.25, 0.3) is 0 Å². The topological polar surface area (TPSA) is 39.7 Å². The Balaban J connectivity index is 1.77. The van der Waals surface area contributed by atoms with Gasteiger partial charge in [0, 0.05) is 24.6 Å². The van der Waals surface area contributed by atoms with Crippen molar-refractivity contribution in [2.45, 2.75) is 51.5 Å². The van der Waals surface area contributed by atoms with Crippen LogP contribution in [0.2, 0.25) is 0 Å². The van der Waals surface area contributed by atoms with Crippen molar-refractivity contribution in [2.75, 3.05) is 46.2 Å². The number of ether oxygens (including phenoxy) is 3. The fraction of sp³-hybridized carbons (Fsp3) is 1.00. The van der Waals surface area contributed by atoms with Crippen molar-refractivity contribution < 1.29 is 14.2 Å². The van der Waals surface area contributed by atoms with Crippen molar-refractivity contribution >= 4 is 11.6 Å². The van der Waals surface area contributed by atoms with Crippen molar-refractivity contribution in [3.63, 3.8) is 0 Å². The SMILES string of the molecule is CCCCOCCOCCOCCNC1CC(Cl)C1(C)C. The Kier molecular flexibility index (Phi) is 9.85. The van der Waals surface area contributed by atoms with E-state index in [1.807, 2.05) is 0 Å². The largest absolute Gasteiger partial charge is 0.379 e. The van der Waals surface area contributed by atoms with Gasteiger partial charge >= 0.3 is 0 Å². The fourth-order valence-corrected chi connectivity index (χ4v) is 2.64. The Morgan fingerprint density at radius 2 is 1.57 bits per heavy atom. The monoisotopic (exact) mass is 321 g/mol. The van der Waals surface area contributed by atoms with E-state index in [0.717, 1.165) is 32.6 Å². The van der Waals surface area contributed by atoms with E-state index in [1.54, 1.807) is 0 Å². The van der Waals surface area contributed by atoms with E-state index in [9.17, 15) is 0 Å². The van der Waals surface area contributed by atoms with E-state index in [2.05, 4.69) is 26.1 Å². The third-order valence-corrected chi connectivity index (χ3v) is 4.91. The molecular weight excluding hydrogens is 290 g/mol. The van der Waals surface area contributed by atoms with Crippen LogP contribution < -0.4 is 5.32 Å². The van der Waals surface area contributed by atoms with Crippen LogP contribution in [-0.4, -0.2) is 57.6 Å². The zero-order chi connectivity index (χ0) is 15.6. The number of nitrogens with one attached hydrogen (secondary N) is 1. The third kappa shape index (κ3) is 7.29. The average Bonchev–Trinajstić information content (AvgIpc) is 2.47. The molecule has 0 aromatic heterocycles. The Morgan fingerprint density at radius 1 is 1.00 bits per heavy atom. The van der Waals surface area contributed by atoms with E-state index < -0.39 is 0 Å². The molecule has 0 bridgehead atoms. The summed E-state index contributed by atoms with van der Waals surface area (Å²) in [6, 6.07) is 0.514. The maximum atomic E-state index is 6.19. The van der Waals surface area contributed by atoms with Crippen LogP contribution in [-0.2, 0) is 14.2 Å². The second kappa shape index (κ2) is 10.8. The number of rotatable bonds is 13. The second-order valence-corrected chi connectivity index (χ2v) is 6.75. The molecule has 0 amide bonds. The van der Waals surface area contributed by atoms with Gasteiger partial charge in [-0.15, -0.1) is 11.6 Å². The Bertz CT molecular complexity index is 264. The molecule has 0 aromatic carbocycles. The minimum atomic E-state index is 0.197. The highest BCUT2D eigenvalue weighted by molar-refractivity contribution is 6.21. The van der Waals surface area contributed by atoms with E-state index in [1.165, 1.54) is 6.42 Å². The predicted molar refractivity (Wildman–Crippen MR) is 87.2 cm³/mol. The molecule has 4 nitrogen and oxygen atoms in total. The third-order valence-electron chi connectivity index (χ3n) is 4.17. The van der Waals surface area contributed by atoms with Crippen LogP contribution in [0.25, 0.3) is 0 Å². The quantitative estimate of drug-likeness (QED) is 0.418. The van der Waals surface area contributed by atoms with E-state index in [-0.39, 0.29) is 5.41 Å². The molecule has 1 fully saturated rings. The van der Waals surface area contributed by atoms with Gasteiger partial charge in [-0.2, -0.15) is 0 Å². The number of unbranched alkanes of at least 4 members (excludes halogenated alkanes) is 1. The molecule has 1 saturated carbocycles. The first-order valence-electron chi connectivity index (χ1n) is 8.19. The number of alkyl halides is 1. The van der Waals surface area contributed by atoms with Gasteiger partial charge in [0.05, 0.1) is 33.0 Å². The lowest BCUT2D eigenvalue weighted by Gasteiger charge is -2.49. The molecule has 0 aliphatic heterocycles. The summed E-state index contributed by atoms with van der Waals surface area (Å²) in [4.78, 5) is 0. The maximum absolute atomic E-state index is 6.19. The van der Waals surface area contributed by atoms with Crippen LogP contribution in [0, 0.1) is 5.41 Å². The maximum Gasteiger partial charge on any atom is 0.0701 e.